The molecule has 130 valence electrons. The van der Waals surface area contributed by atoms with Gasteiger partial charge in [-0.25, -0.2) is 4.79 Å². The smallest absolute Gasteiger partial charge is 0.407 e. The third-order valence-electron chi connectivity index (χ3n) is 3.82. The lowest BCUT2D eigenvalue weighted by Gasteiger charge is -2.31. The SMILES string of the molecule is CC(C)(C)OC(=O)NCCC(CN)N(Cc1cccs1)C1CC1. The number of carbonyl (C=O) groups is 1. The van der Waals surface area contributed by atoms with E-state index in [1.807, 2.05) is 20.8 Å². The van der Waals surface area contributed by atoms with Crippen LogP contribution >= 0.6 is 11.3 Å². The Morgan fingerprint density at radius 1 is 1.52 bits per heavy atom. The largest absolute Gasteiger partial charge is 0.444 e. The van der Waals surface area contributed by atoms with E-state index in [0.717, 1.165) is 13.0 Å². The summed E-state index contributed by atoms with van der Waals surface area (Å²) >= 11 is 1.79. The monoisotopic (exact) mass is 339 g/mol. The van der Waals surface area contributed by atoms with Gasteiger partial charge in [0.15, 0.2) is 0 Å². The van der Waals surface area contributed by atoms with Crippen LogP contribution in [-0.4, -0.2) is 41.8 Å². The maximum absolute atomic E-state index is 11.7. The Morgan fingerprint density at radius 2 is 2.26 bits per heavy atom. The molecule has 1 saturated carbocycles. The summed E-state index contributed by atoms with van der Waals surface area (Å²) in [5.74, 6) is 0. The first-order valence-corrected chi connectivity index (χ1v) is 9.22. The minimum absolute atomic E-state index is 0.291. The average molecular weight is 340 g/mol. The van der Waals surface area contributed by atoms with E-state index in [-0.39, 0.29) is 6.09 Å². The highest BCUT2D eigenvalue weighted by Crippen LogP contribution is 2.31. The van der Waals surface area contributed by atoms with Crippen LogP contribution in [0, 0.1) is 0 Å². The molecule has 0 saturated heterocycles. The second-order valence-corrected chi connectivity index (χ2v) is 8.12. The molecule has 0 spiro atoms. The van der Waals surface area contributed by atoms with Gasteiger partial charge in [-0.3, -0.25) is 4.90 Å². The molecule has 1 aliphatic rings. The Balaban J connectivity index is 1.81. The molecule has 0 radical (unpaired) electrons. The number of nitrogens with two attached hydrogens (primary N) is 1. The van der Waals surface area contributed by atoms with Gasteiger partial charge in [-0.15, -0.1) is 11.3 Å². The molecule has 1 atom stereocenters. The number of carbonyl (C=O) groups excluding carboxylic acids is 1. The molecule has 0 bridgehead atoms. The number of nitrogens with one attached hydrogen (secondary N) is 1. The van der Waals surface area contributed by atoms with Gasteiger partial charge in [0.25, 0.3) is 0 Å². The molecule has 6 heteroatoms. The Kier molecular flexibility index (Phi) is 6.44. The van der Waals surface area contributed by atoms with E-state index >= 15 is 0 Å². The van der Waals surface area contributed by atoms with Crippen molar-refractivity contribution in [3.63, 3.8) is 0 Å². The molecule has 23 heavy (non-hydrogen) atoms. The zero-order chi connectivity index (χ0) is 16.9. The number of hydrogen-bond acceptors (Lipinski definition) is 5. The van der Waals surface area contributed by atoms with Crippen LogP contribution in [0.5, 0.6) is 0 Å². The maximum Gasteiger partial charge on any atom is 0.407 e. The summed E-state index contributed by atoms with van der Waals surface area (Å²) in [5, 5.41) is 4.95. The molecular weight excluding hydrogens is 310 g/mol. The lowest BCUT2D eigenvalue weighted by atomic mass is 10.1. The van der Waals surface area contributed by atoms with Gasteiger partial charge in [0.05, 0.1) is 0 Å². The van der Waals surface area contributed by atoms with Crippen molar-refractivity contribution in [2.24, 2.45) is 5.73 Å². The van der Waals surface area contributed by atoms with E-state index in [9.17, 15) is 4.79 Å². The van der Waals surface area contributed by atoms with Crippen molar-refractivity contribution < 1.29 is 9.53 Å². The molecule has 1 aromatic heterocycles. The van der Waals surface area contributed by atoms with Crippen molar-refractivity contribution in [3.8, 4) is 0 Å². The zero-order valence-corrected chi connectivity index (χ0v) is 15.2. The molecule has 0 aliphatic heterocycles. The maximum atomic E-state index is 11.7. The highest BCUT2D eigenvalue weighted by Gasteiger charge is 2.33. The van der Waals surface area contributed by atoms with E-state index in [4.69, 9.17) is 10.5 Å². The van der Waals surface area contributed by atoms with Crippen molar-refractivity contribution in [2.45, 2.75) is 64.3 Å². The van der Waals surface area contributed by atoms with E-state index in [0.29, 0.717) is 25.2 Å². The van der Waals surface area contributed by atoms with Crippen molar-refractivity contribution in [3.05, 3.63) is 22.4 Å². The van der Waals surface area contributed by atoms with E-state index in [1.54, 1.807) is 11.3 Å². The molecular formula is C17H29N3O2S. The predicted octanol–water partition coefficient (Wildman–Crippen LogP) is 2.95. The van der Waals surface area contributed by atoms with Crippen molar-refractivity contribution in [1.82, 2.24) is 10.2 Å². The second-order valence-electron chi connectivity index (χ2n) is 7.09. The van der Waals surface area contributed by atoms with E-state index in [1.165, 1.54) is 17.7 Å². The number of rotatable bonds is 8. The van der Waals surface area contributed by atoms with Crippen LogP contribution in [0.2, 0.25) is 0 Å². The number of ether oxygens (including phenoxy) is 1. The summed E-state index contributed by atoms with van der Waals surface area (Å²) in [6, 6.07) is 5.20. The first-order chi connectivity index (χ1) is 10.9. The van der Waals surface area contributed by atoms with Crippen LogP contribution in [0.25, 0.3) is 0 Å². The predicted molar refractivity (Wildman–Crippen MR) is 94.6 cm³/mol. The quantitative estimate of drug-likeness (QED) is 0.764. The Morgan fingerprint density at radius 3 is 2.78 bits per heavy atom. The van der Waals surface area contributed by atoms with Gasteiger partial charge in [-0.1, -0.05) is 6.07 Å². The summed E-state index contributed by atoms with van der Waals surface area (Å²) < 4.78 is 5.27. The summed E-state index contributed by atoms with van der Waals surface area (Å²) in [6.45, 7) is 7.75. The minimum atomic E-state index is -0.462. The molecule has 1 heterocycles. The van der Waals surface area contributed by atoms with Crippen LogP contribution < -0.4 is 11.1 Å². The highest BCUT2D eigenvalue weighted by atomic mass is 32.1. The van der Waals surface area contributed by atoms with Gasteiger partial charge in [0.1, 0.15) is 5.60 Å². The summed E-state index contributed by atoms with van der Waals surface area (Å²) in [4.78, 5) is 15.6. The molecule has 5 nitrogen and oxygen atoms in total. The number of hydrogen-bond donors (Lipinski definition) is 2. The molecule has 1 aliphatic carbocycles. The van der Waals surface area contributed by atoms with Crippen molar-refractivity contribution in [1.29, 1.82) is 0 Å². The third-order valence-corrected chi connectivity index (χ3v) is 4.68. The molecule has 1 unspecified atom stereocenters. The molecule has 2 rings (SSSR count). The lowest BCUT2D eigenvalue weighted by molar-refractivity contribution is 0.0521. The fourth-order valence-electron chi connectivity index (χ4n) is 2.62. The first-order valence-electron chi connectivity index (χ1n) is 8.34. The minimum Gasteiger partial charge on any atom is -0.444 e. The van der Waals surface area contributed by atoms with Crippen LogP contribution in [0.4, 0.5) is 4.79 Å². The highest BCUT2D eigenvalue weighted by molar-refractivity contribution is 7.09. The standard InChI is InChI=1S/C17H29N3O2S/c1-17(2,3)22-16(21)19-9-8-14(11-18)20(13-6-7-13)12-15-5-4-10-23-15/h4-5,10,13-14H,6-9,11-12,18H2,1-3H3,(H,19,21). The number of amides is 1. The van der Waals surface area contributed by atoms with Gasteiger partial charge in [0, 0.05) is 36.6 Å². The third kappa shape index (κ3) is 6.49. The van der Waals surface area contributed by atoms with Gasteiger partial charge in [-0.2, -0.15) is 0 Å². The number of nitrogens with zero attached hydrogens (tertiary/aromatic N) is 1. The fourth-order valence-corrected chi connectivity index (χ4v) is 3.33. The van der Waals surface area contributed by atoms with Crippen LogP contribution in [0.1, 0.15) is 44.9 Å². The van der Waals surface area contributed by atoms with Crippen LogP contribution in [0.3, 0.4) is 0 Å². The topological polar surface area (TPSA) is 67.6 Å². The van der Waals surface area contributed by atoms with Gasteiger partial charge in [0.2, 0.25) is 0 Å². The van der Waals surface area contributed by atoms with Gasteiger partial charge in [-0.05, 0) is 51.5 Å². The van der Waals surface area contributed by atoms with Crippen LogP contribution in [0.15, 0.2) is 17.5 Å². The Bertz CT molecular complexity index is 481. The second kappa shape index (κ2) is 8.13. The van der Waals surface area contributed by atoms with E-state index < -0.39 is 5.60 Å². The first kappa shape index (κ1) is 18.2. The van der Waals surface area contributed by atoms with Gasteiger partial charge < -0.3 is 15.8 Å². The van der Waals surface area contributed by atoms with Crippen molar-refractivity contribution in [2.75, 3.05) is 13.1 Å². The summed E-state index contributed by atoms with van der Waals surface area (Å²) in [5.41, 5.74) is 5.54. The fraction of sp³-hybridized carbons (Fsp3) is 0.706. The zero-order valence-electron chi connectivity index (χ0n) is 14.4. The Hall–Kier alpha value is -1.11. The normalized spacial score (nSPS) is 16.4. The molecule has 0 aromatic carbocycles. The number of thiophene rings is 1. The van der Waals surface area contributed by atoms with Crippen LogP contribution in [-0.2, 0) is 11.3 Å². The van der Waals surface area contributed by atoms with E-state index in [2.05, 4.69) is 27.7 Å². The van der Waals surface area contributed by atoms with Gasteiger partial charge >= 0.3 is 6.09 Å². The summed E-state index contributed by atoms with van der Waals surface area (Å²) in [6.07, 6.45) is 2.99. The number of alkyl carbamates (subject to hydrolysis) is 1. The average Bonchev–Trinajstić information content (AvgIpc) is 3.17. The lowest BCUT2D eigenvalue weighted by Crippen LogP contribution is -2.44. The molecule has 1 amide bonds. The molecule has 3 N–H and O–H groups in total. The summed E-state index contributed by atoms with van der Waals surface area (Å²) in [7, 11) is 0. The Labute approximate surface area is 143 Å². The van der Waals surface area contributed by atoms with Crippen molar-refractivity contribution >= 4 is 17.4 Å². The molecule has 1 aromatic rings. The molecule has 1 fully saturated rings.